The summed E-state index contributed by atoms with van der Waals surface area (Å²) in [6.07, 6.45) is 0. The number of nitrogens with zero attached hydrogens (tertiary/aromatic N) is 4. The predicted molar refractivity (Wildman–Crippen MR) is 103 cm³/mol. The van der Waals surface area contributed by atoms with Gasteiger partial charge >= 0.3 is 0 Å². The van der Waals surface area contributed by atoms with Crippen LogP contribution in [0.25, 0.3) is 44.7 Å². The van der Waals surface area contributed by atoms with Crippen LogP contribution in [-0.2, 0) is 0 Å². The van der Waals surface area contributed by atoms with Crippen molar-refractivity contribution in [3.8, 4) is 33.6 Å². The van der Waals surface area contributed by atoms with Crippen LogP contribution in [0.2, 0.25) is 0 Å². The second kappa shape index (κ2) is 6.14. The summed E-state index contributed by atoms with van der Waals surface area (Å²) in [5.74, 6) is 1.59. The average molecular weight is 374 g/mol. The van der Waals surface area contributed by atoms with Crippen molar-refractivity contribution in [2.45, 2.75) is 13.8 Å². The fourth-order valence-corrected chi connectivity index (χ4v) is 3.77. The minimum absolute atomic E-state index is 0.485. The largest absolute Gasteiger partial charge is 0.436 e. The maximum Gasteiger partial charge on any atom is 0.270 e. The van der Waals surface area contributed by atoms with Crippen molar-refractivity contribution in [1.82, 2.24) is 20.1 Å². The highest BCUT2D eigenvalue weighted by Crippen LogP contribution is 2.31. The topological polar surface area (TPSA) is 77.8 Å². The first kappa shape index (κ1) is 15.9. The summed E-state index contributed by atoms with van der Waals surface area (Å²) < 4.78 is 11.3. The second-order valence-corrected chi connectivity index (χ2v) is 7.34. The molecule has 0 N–H and O–H groups in total. The van der Waals surface area contributed by atoms with Gasteiger partial charge in [-0.1, -0.05) is 23.4 Å². The van der Waals surface area contributed by atoms with E-state index in [4.69, 9.17) is 8.94 Å². The number of fused-ring (bicyclic) bond motifs is 1. The maximum atomic E-state index is 5.86. The Labute approximate surface area is 158 Å². The highest BCUT2D eigenvalue weighted by atomic mass is 32.1. The molecule has 0 aliphatic carbocycles. The summed E-state index contributed by atoms with van der Waals surface area (Å²) in [4.78, 5) is 14.4. The molecule has 0 aliphatic rings. The Balaban J connectivity index is 1.53. The molecule has 0 saturated carbocycles. The zero-order valence-electron chi connectivity index (χ0n) is 14.6. The maximum absolute atomic E-state index is 5.86. The van der Waals surface area contributed by atoms with E-state index in [-0.39, 0.29) is 0 Å². The van der Waals surface area contributed by atoms with E-state index in [1.807, 2.05) is 62.4 Å². The van der Waals surface area contributed by atoms with E-state index < -0.39 is 0 Å². The highest BCUT2D eigenvalue weighted by Gasteiger charge is 2.17. The number of hydrogen-bond donors (Lipinski definition) is 0. The number of oxazole rings is 1. The van der Waals surface area contributed by atoms with Crippen LogP contribution in [0.4, 0.5) is 0 Å². The van der Waals surface area contributed by atoms with Crippen molar-refractivity contribution in [3.05, 3.63) is 59.2 Å². The van der Waals surface area contributed by atoms with E-state index in [0.29, 0.717) is 17.6 Å². The number of aryl methyl sites for hydroxylation is 2. The molecule has 27 heavy (non-hydrogen) atoms. The summed E-state index contributed by atoms with van der Waals surface area (Å²) >= 11 is 1.54. The van der Waals surface area contributed by atoms with Gasteiger partial charge < -0.3 is 8.94 Å². The molecule has 0 bridgehead atoms. The van der Waals surface area contributed by atoms with Gasteiger partial charge in [0.05, 0.1) is 10.7 Å². The molecule has 6 nitrogen and oxygen atoms in total. The lowest BCUT2D eigenvalue weighted by Gasteiger charge is -1.92. The molecular weight excluding hydrogens is 360 g/mol. The van der Waals surface area contributed by atoms with Crippen molar-refractivity contribution in [2.24, 2.45) is 0 Å². The fourth-order valence-electron chi connectivity index (χ4n) is 2.93. The monoisotopic (exact) mass is 374 g/mol. The van der Waals surface area contributed by atoms with Crippen molar-refractivity contribution < 1.29 is 8.94 Å². The summed E-state index contributed by atoms with van der Waals surface area (Å²) in [5, 5.41) is 5.09. The third kappa shape index (κ3) is 2.82. The number of benzene rings is 2. The minimum Gasteiger partial charge on any atom is -0.436 e. The Morgan fingerprint density at radius 2 is 1.70 bits per heavy atom. The van der Waals surface area contributed by atoms with E-state index in [0.717, 1.165) is 37.8 Å². The lowest BCUT2D eigenvalue weighted by molar-refractivity contribution is 0.433. The Morgan fingerprint density at radius 1 is 0.852 bits per heavy atom. The zero-order valence-corrected chi connectivity index (χ0v) is 15.4. The van der Waals surface area contributed by atoms with E-state index in [1.54, 1.807) is 11.3 Å². The number of aromatic nitrogens is 4. The summed E-state index contributed by atoms with van der Waals surface area (Å²) in [6, 6.07) is 15.5. The smallest absolute Gasteiger partial charge is 0.270 e. The molecule has 0 atom stereocenters. The SMILES string of the molecule is Cc1nc(C)c(-c2nc(-c3ccc4oc(-c5ccccc5)nc4c3)no2)s1. The molecule has 0 aliphatic heterocycles. The Kier molecular flexibility index (Phi) is 3.61. The molecule has 0 radical (unpaired) electrons. The fraction of sp³-hybridized carbons (Fsp3) is 0.100. The van der Waals surface area contributed by atoms with Gasteiger partial charge in [0.15, 0.2) is 5.58 Å². The van der Waals surface area contributed by atoms with E-state index in [1.165, 1.54) is 0 Å². The lowest BCUT2D eigenvalue weighted by atomic mass is 10.2. The molecule has 0 fully saturated rings. The van der Waals surface area contributed by atoms with Gasteiger partial charge in [0, 0.05) is 11.1 Å². The summed E-state index contributed by atoms with van der Waals surface area (Å²) in [5.41, 5.74) is 4.13. The Morgan fingerprint density at radius 3 is 2.48 bits per heavy atom. The van der Waals surface area contributed by atoms with Crippen molar-refractivity contribution in [3.63, 3.8) is 0 Å². The van der Waals surface area contributed by atoms with Crippen LogP contribution in [-0.4, -0.2) is 20.1 Å². The van der Waals surface area contributed by atoms with Gasteiger partial charge in [-0.15, -0.1) is 11.3 Å². The molecule has 0 spiro atoms. The van der Waals surface area contributed by atoms with Crippen LogP contribution in [0.1, 0.15) is 10.7 Å². The van der Waals surface area contributed by atoms with E-state index in [2.05, 4.69) is 20.1 Å². The molecule has 5 aromatic rings. The van der Waals surface area contributed by atoms with Crippen molar-refractivity contribution in [1.29, 1.82) is 0 Å². The van der Waals surface area contributed by atoms with Gasteiger partial charge in [0.2, 0.25) is 11.7 Å². The third-order valence-corrected chi connectivity index (χ3v) is 5.25. The number of rotatable bonds is 3. The molecule has 0 unspecified atom stereocenters. The van der Waals surface area contributed by atoms with E-state index in [9.17, 15) is 0 Å². The molecule has 0 amide bonds. The number of thiazole rings is 1. The van der Waals surface area contributed by atoms with Crippen LogP contribution >= 0.6 is 11.3 Å². The molecule has 132 valence electrons. The van der Waals surface area contributed by atoms with Crippen LogP contribution in [0.3, 0.4) is 0 Å². The van der Waals surface area contributed by atoms with Gasteiger partial charge in [0.1, 0.15) is 10.4 Å². The van der Waals surface area contributed by atoms with E-state index >= 15 is 0 Å². The summed E-state index contributed by atoms with van der Waals surface area (Å²) in [7, 11) is 0. The zero-order chi connectivity index (χ0) is 18.4. The standard InChI is InChI=1S/C20H14N4O2S/c1-11-17(27-12(2)21-11)20-23-18(24-26-20)14-8-9-16-15(10-14)22-19(25-16)13-6-4-3-5-7-13/h3-10H,1-2H3. The van der Waals surface area contributed by atoms with Crippen molar-refractivity contribution >= 4 is 22.4 Å². The van der Waals surface area contributed by atoms with Crippen LogP contribution < -0.4 is 0 Å². The highest BCUT2D eigenvalue weighted by molar-refractivity contribution is 7.15. The normalized spacial score (nSPS) is 11.3. The first-order valence-electron chi connectivity index (χ1n) is 8.42. The summed E-state index contributed by atoms with van der Waals surface area (Å²) in [6.45, 7) is 3.90. The molecule has 0 saturated heterocycles. The average Bonchev–Trinajstić information content (AvgIpc) is 3.39. The lowest BCUT2D eigenvalue weighted by Crippen LogP contribution is -1.82. The molecule has 7 heteroatoms. The quantitative estimate of drug-likeness (QED) is 0.427. The van der Waals surface area contributed by atoms with Crippen LogP contribution in [0.5, 0.6) is 0 Å². The predicted octanol–water partition coefficient (Wildman–Crippen LogP) is 5.29. The van der Waals surface area contributed by atoms with Crippen LogP contribution in [0, 0.1) is 13.8 Å². The van der Waals surface area contributed by atoms with Gasteiger partial charge in [-0.2, -0.15) is 4.98 Å². The van der Waals surface area contributed by atoms with Gasteiger partial charge in [0.25, 0.3) is 5.89 Å². The first-order chi connectivity index (χ1) is 13.2. The molecule has 3 heterocycles. The van der Waals surface area contributed by atoms with Crippen LogP contribution in [0.15, 0.2) is 57.5 Å². The molecular formula is C20H14N4O2S. The van der Waals surface area contributed by atoms with Crippen molar-refractivity contribution in [2.75, 3.05) is 0 Å². The molecule has 2 aromatic carbocycles. The van der Waals surface area contributed by atoms with Gasteiger partial charge in [-0.3, -0.25) is 0 Å². The molecule has 3 aromatic heterocycles. The molecule has 5 rings (SSSR count). The Hall–Kier alpha value is -3.32. The first-order valence-corrected chi connectivity index (χ1v) is 9.23. The minimum atomic E-state index is 0.485. The third-order valence-electron chi connectivity index (χ3n) is 4.19. The van der Waals surface area contributed by atoms with Gasteiger partial charge in [-0.05, 0) is 44.2 Å². The Bertz CT molecular complexity index is 1250. The number of hydrogen-bond acceptors (Lipinski definition) is 7. The second-order valence-electron chi connectivity index (χ2n) is 6.14. The van der Waals surface area contributed by atoms with Gasteiger partial charge in [-0.25, -0.2) is 9.97 Å².